The van der Waals surface area contributed by atoms with Crippen LogP contribution in [0.15, 0.2) is 16.6 Å². The van der Waals surface area contributed by atoms with E-state index in [-0.39, 0.29) is 0 Å². The third-order valence-electron chi connectivity index (χ3n) is 2.57. The summed E-state index contributed by atoms with van der Waals surface area (Å²) in [4.78, 5) is 0. The van der Waals surface area contributed by atoms with Crippen LogP contribution in [0.5, 0.6) is 5.75 Å². The number of halogens is 2. The molecule has 0 aliphatic heterocycles. The lowest BCUT2D eigenvalue weighted by atomic mass is 10.1. The SMILES string of the molecule is COCCOCCCOc1c(C)cc(Br)cc1CBr. The van der Waals surface area contributed by atoms with Crippen LogP contribution in [0.25, 0.3) is 0 Å². The average molecular weight is 396 g/mol. The van der Waals surface area contributed by atoms with E-state index < -0.39 is 0 Å². The third kappa shape index (κ3) is 6.25. The van der Waals surface area contributed by atoms with Gasteiger partial charge in [-0.15, -0.1) is 0 Å². The highest BCUT2D eigenvalue weighted by molar-refractivity contribution is 9.10. The summed E-state index contributed by atoms with van der Waals surface area (Å²) >= 11 is 6.99. The topological polar surface area (TPSA) is 27.7 Å². The van der Waals surface area contributed by atoms with Gasteiger partial charge in [-0.2, -0.15) is 0 Å². The van der Waals surface area contributed by atoms with Crippen molar-refractivity contribution in [2.45, 2.75) is 18.7 Å². The van der Waals surface area contributed by atoms with Gasteiger partial charge in [0, 0.05) is 35.5 Å². The molecule has 0 amide bonds. The van der Waals surface area contributed by atoms with E-state index in [4.69, 9.17) is 14.2 Å². The normalized spacial score (nSPS) is 10.7. The van der Waals surface area contributed by atoms with Crippen LogP contribution in [0.3, 0.4) is 0 Å². The van der Waals surface area contributed by atoms with Crippen LogP contribution < -0.4 is 4.74 Å². The Hall–Kier alpha value is -0.100. The van der Waals surface area contributed by atoms with E-state index in [2.05, 4.69) is 50.9 Å². The van der Waals surface area contributed by atoms with E-state index in [9.17, 15) is 0 Å². The minimum atomic E-state index is 0.639. The van der Waals surface area contributed by atoms with Crippen LogP contribution in [0.2, 0.25) is 0 Å². The maximum absolute atomic E-state index is 5.86. The number of methoxy groups -OCH3 is 1. The Kier molecular flexibility index (Phi) is 8.70. The molecule has 0 radical (unpaired) electrons. The number of benzene rings is 1. The summed E-state index contributed by atoms with van der Waals surface area (Å²) in [7, 11) is 1.67. The van der Waals surface area contributed by atoms with Crippen molar-refractivity contribution in [1.29, 1.82) is 0 Å². The third-order valence-corrected chi connectivity index (χ3v) is 3.63. The number of hydrogen-bond acceptors (Lipinski definition) is 3. The molecule has 0 unspecified atom stereocenters. The summed E-state index contributed by atoms with van der Waals surface area (Å²) in [6, 6.07) is 4.14. The largest absolute Gasteiger partial charge is 0.493 e. The van der Waals surface area contributed by atoms with Gasteiger partial charge in [-0.3, -0.25) is 0 Å². The van der Waals surface area contributed by atoms with Crippen molar-refractivity contribution in [1.82, 2.24) is 0 Å². The minimum Gasteiger partial charge on any atom is -0.493 e. The molecular formula is C14H20Br2O3. The molecule has 0 aromatic heterocycles. The first-order chi connectivity index (χ1) is 9.19. The van der Waals surface area contributed by atoms with Crippen molar-refractivity contribution in [3.8, 4) is 5.75 Å². The Morgan fingerprint density at radius 1 is 1.11 bits per heavy atom. The van der Waals surface area contributed by atoms with E-state index in [1.807, 2.05) is 0 Å². The Bertz CT molecular complexity index is 383. The molecule has 0 fully saturated rings. The maximum Gasteiger partial charge on any atom is 0.126 e. The molecule has 1 aromatic carbocycles. The number of rotatable bonds is 9. The first-order valence-electron chi connectivity index (χ1n) is 6.23. The molecule has 0 aliphatic carbocycles. The second-order valence-electron chi connectivity index (χ2n) is 4.15. The summed E-state index contributed by atoms with van der Waals surface area (Å²) in [6.07, 6.45) is 0.876. The van der Waals surface area contributed by atoms with Gasteiger partial charge in [0.25, 0.3) is 0 Å². The molecule has 3 nitrogen and oxygen atoms in total. The van der Waals surface area contributed by atoms with Gasteiger partial charge in [-0.05, 0) is 24.6 Å². The molecule has 0 spiro atoms. The van der Waals surface area contributed by atoms with Gasteiger partial charge in [0.1, 0.15) is 5.75 Å². The number of ether oxygens (including phenoxy) is 3. The van der Waals surface area contributed by atoms with Crippen molar-refractivity contribution in [3.05, 3.63) is 27.7 Å². The predicted molar refractivity (Wildman–Crippen MR) is 84.3 cm³/mol. The highest BCUT2D eigenvalue weighted by Crippen LogP contribution is 2.29. The zero-order valence-electron chi connectivity index (χ0n) is 11.4. The van der Waals surface area contributed by atoms with E-state index in [0.717, 1.165) is 33.1 Å². The van der Waals surface area contributed by atoms with E-state index in [0.29, 0.717) is 26.4 Å². The molecule has 1 aromatic rings. The van der Waals surface area contributed by atoms with Gasteiger partial charge in [0.05, 0.1) is 19.8 Å². The van der Waals surface area contributed by atoms with Crippen molar-refractivity contribution >= 4 is 31.9 Å². The van der Waals surface area contributed by atoms with E-state index >= 15 is 0 Å². The second kappa shape index (κ2) is 9.75. The molecule has 0 bridgehead atoms. The molecule has 0 aliphatic rings. The van der Waals surface area contributed by atoms with Crippen LogP contribution in [-0.2, 0) is 14.8 Å². The predicted octanol–water partition coefficient (Wildman–Crippen LogP) is 4.08. The zero-order chi connectivity index (χ0) is 14.1. The van der Waals surface area contributed by atoms with Crippen molar-refractivity contribution in [2.75, 3.05) is 33.5 Å². The lowest BCUT2D eigenvalue weighted by molar-refractivity contribution is 0.0643. The van der Waals surface area contributed by atoms with Crippen molar-refractivity contribution in [3.63, 3.8) is 0 Å². The maximum atomic E-state index is 5.86. The quantitative estimate of drug-likeness (QED) is 0.465. The molecule has 0 atom stereocenters. The Morgan fingerprint density at radius 3 is 2.58 bits per heavy atom. The molecular weight excluding hydrogens is 376 g/mol. The molecule has 0 heterocycles. The number of alkyl halides is 1. The monoisotopic (exact) mass is 394 g/mol. The van der Waals surface area contributed by atoms with Gasteiger partial charge >= 0.3 is 0 Å². The van der Waals surface area contributed by atoms with Crippen molar-refractivity contribution in [2.24, 2.45) is 0 Å². The van der Waals surface area contributed by atoms with E-state index in [1.165, 1.54) is 0 Å². The van der Waals surface area contributed by atoms with Crippen LogP contribution in [0.1, 0.15) is 17.5 Å². The Morgan fingerprint density at radius 2 is 1.89 bits per heavy atom. The molecule has 0 saturated carbocycles. The van der Waals surface area contributed by atoms with Crippen LogP contribution >= 0.6 is 31.9 Å². The standard InChI is InChI=1S/C14H20Br2O3/c1-11-8-13(16)9-12(10-15)14(11)19-5-3-4-18-7-6-17-2/h8-9H,3-7,10H2,1-2H3. The summed E-state index contributed by atoms with van der Waals surface area (Å²) in [6.45, 7) is 4.69. The fourth-order valence-electron chi connectivity index (χ4n) is 1.68. The van der Waals surface area contributed by atoms with Crippen LogP contribution in [-0.4, -0.2) is 33.5 Å². The van der Waals surface area contributed by atoms with Gasteiger partial charge in [-0.1, -0.05) is 31.9 Å². The molecule has 19 heavy (non-hydrogen) atoms. The fourth-order valence-corrected chi connectivity index (χ4v) is 2.72. The molecule has 108 valence electrons. The lowest BCUT2D eigenvalue weighted by Crippen LogP contribution is -2.08. The smallest absolute Gasteiger partial charge is 0.126 e. The van der Waals surface area contributed by atoms with Gasteiger partial charge < -0.3 is 14.2 Å². The molecule has 5 heteroatoms. The zero-order valence-corrected chi connectivity index (χ0v) is 14.6. The van der Waals surface area contributed by atoms with Gasteiger partial charge in [0.15, 0.2) is 0 Å². The highest BCUT2D eigenvalue weighted by atomic mass is 79.9. The first kappa shape index (κ1) is 17.0. The minimum absolute atomic E-state index is 0.639. The van der Waals surface area contributed by atoms with Crippen LogP contribution in [0.4, 0.5) is 0 Å². The summed E-state index contributed by atoms with van der Waals surface area (Å²) < 4.78 is 17.2. The molecule has 1 rings (SSSR count). The van der Waals surface area contributed by atoms with Gasteiger partial charge in [-0.25, -0.2) is 0 Å². The summed E-state index contributed by atoms with van der Waals surface area (Å²) in [5.74, 6) is 0.969. The fraction of sp³-hybridized carbons (Fsp3) is 0.571. The molecule has 0 saturated heterocycles. The summed E-state index contributed by atoms with van der Waals surface area (Å²) in [5.41, 5.74) is 2.30. The summed E-state index contributed by atoms with van der Waals surface area (Å²) in [5, 5.41) is 0.785. The Labute approximate surface area is 131 Å². The van der Waals surface area contributed by atoms with E-state index in [1.54, 1.807) is 7.11 Å². The van der Waals surface area contributed by atoms with Crippen molar-refractivity contribution < 1.29 is 14.2 Å². The van der Waals surface area contributed by atoms with Crippen LogP contribution in [0, 0.1) is 6.92 Å². The highest BCUT2D eigenvalue weighted by Gasteiger charge is 2.08. The second-order valence-corrected chi connectivity index (χ2v) is 5.63. The first-order valence-corrected chi connectivity index (χ1v) is 8.15. The lowest BCUT2D eigenvalue weighted by Gasteiger charge is -2.13. The average Bonchev–Trinajstić information content (AvgIpc) is 2.39. The van der Waals surface area contributed by atoms with Gasteiger partial charge in [0.2, 0.25) is 0 Å². The number of hydrogen-bond donors (Lipinski definition) is 0. The Balaban J connectivity index is 2.36. The number of aryl methyl sites for hydroxylation is 1. The molecule has 0 N–H and O–H groups in total.